The zero-order valence-electron chi connectivity index (χ0n) is 12.2. The molecule has 3 aromatic heterocycles. The average molecular weight is 312 g/mol. The van der Waals surface area contributed by atoms with Crippen molar-refractivity contribution in [1.29, 1.82) is 0 Å². The Bertz CT molecular complexity index is 750. The normalized spacial score (nSPS) is 10.6. The molecule has 0 aromatic carbocycles. The van der Waals surface area contributed by atoms with Gasteiger partial charge >= 0.3 is 0 Å². The van der Waals surface area contributed by atoms with Crippen LogP contribution in [0.1, 0.15) is 16.1 Å². The van der Waals surface area contributed by atoms with Gasteiger partial charge in [-0.1, -0.05) is 0 Å². The van der Waals surface area contributed by atoms with Gasteiger partial charge in [0.15, 0.2) is 0 Å². The molecular formula is C16H16N4OS. The van der Waals surface area contributed by atoms with Gasteiger partial charge in [-0.15, -0.1) is 0 Å². The number of nitrogens with one attached hydrogen (secondary N) is 1. The molecule has 0 saturated heterocycles. The number of aromatic nitrogens is 3. The predicted molar refractivity (Wildman–Crippen MR) is 86.8 cm³/mol. The summed E-state index contributed by atoms with van der Waals surface area (Å²) in [6, 6.07) is 5.70. The first kappa shape index (κ1) is 14.5. The highest BCUT2D eigenvalue weighted by molar-refractivity contribution is 7.08. The molecule has 0 bridgehead atoms. The molecule has 5 nitrogen and oxygen atoms in total. The molecule has 0 saturated carbocycles. The van der Waals surface area contributed by atoms with Crippen molar-refractivity contribution in [2.24, 2.45) is 0 Å². The van der Waals surface area contributed by atoms with Gasteiger partial charge in [-0.2, -0.15) is 11.3 Å². The van der Waals surface area contributed by atoms with E-state index < -0.39 is 0 Å². The summed E-state index contributed by atoms with van der Waals surface area (Å²) in [5.41, 5.74) is 2.74. The first-order valence-electron chi connectivity index (χ1n) is 6.98. The van der Waals surface area contributed by atoms with Crippen LogP contribution in [-0.4, -0.2) is 27.0 Å². The van der Waals surface area contributed by atoms with Crippen LogP contribution in [0.15, 0.2) is 47.5 Å². The Hall–Kier alpha value is -2.47. The number of pyridine rings is 1. The van der Waals surface area contributed by atoms with Gasteiger partial charge < -0.3 is 9.88 Å². The average Bonchev–Trinajstić information content (AvgIpc) is 3.19. The molecular weight excluding hydrogens is 296 g/mol. The topological polar surface area (TPSA) is 59.8 Å². The SMILES string of the molecule is Cc1cnc(-c2cccnc2)n1CCNC(=O)c1ccsc1. The lowest BCUT2D eigenvalue weighted by atomic mass is 10.2. The summed E-state index contributed by atoms with van der Waals surface area (Å²) in [7, 11) is 0. The summed E-state index contributed by atoms with van der Waals surface area (Å²) < 4.78 is 2.09. The zero-order valence-corrected chi connectivity index (χ0v) is 13.0. The molecule has 3 rings (SSSR count). The Morgan fingerprint density at radius 1 is 1.36 bits per heavy atom. The molecule has 0 unspecified atom stereocenters. The van der Waals surface area contributed by atoms with Crippen LogP contribution < -0.4 is 5.32 Å². The van der Waals surface area contributed by atoms with Crippen molar-refractivity contribution in [3.63, 3.8) is 0 Å². The van der Waals surface area contributed by atoms with Crippen LogP contribution in [0.25, 0.3) is 11.4 Å². The largest absolute Gasteiger partial charge is 0.350 e. The number of imidazole rings is 1. The number of rotatable bonds is 5. The van der Waals surface area contributed by atoms with Gasteiger partial charge in [0.05, 0.1) is 0 Å². The fraction of sp³-hybridized carbons (Fsp3) is 0.188. The van der Waals surface area contributed by atoms with Crippen molar-refractivity contribution < 1.29 is 4.79 Å². The maximum atomic E-state index is 11.9. The highest BCUT2D eigenvalue weighted by Gasteiger charge is 2.10. The summed E-state index contributed by atoms with van der Waals surface area (Å²) in [6.45, 7) is 3.23. The second-order valence-corrected chi connectivity index (χ2v) is 5.66. The number of hydrogen-bond donors (Lipinski definition) is 1. The number of hydrogen-bond acceptors (Lipinski definition) is 4. The van der Waals surface area contributed by atoms with Crippen molar-refractivity contribution >= 4 is 17.2 Å². The standard InChI is InChI=1S/C16H16N4OS/c1-12-9-19-15(13-3-2-5-17-10-13)20(12)7-6-18-16(21)14-4-8-22-11-14/h2-5,8-11H,6-7H2,1H3,(H,18,21). The molecule has 22 heavy (non-hydrogen) atoms. The number of nitrogens with zero attached hydrogens (tertiary/aromatic N) is 3. The van der Waals surface area contributed by atoms with Crippen LogP contribution in [0.2, 0.25) is 0 Å². The first-order chi connectivity index (χ1) is 10.8. The Morgan fingerprint density at radius 3 is 3.00 bits per heavy atom. The fourth-order valence-electron chi connectivity index (χ4n) is 2.25. The Balaban J connectivity index is 1.68. The summed E-state index contributed by atoms with van der Waals surface area (Å²) in [6.07, 6.45) is 5.37. The predicted octanol–water partition coefficient (Wildman–Crippen LogP) is 2.75. The maximum absolute atomic E-state index is 11.9. The molecule has 0 radical (unpaired) electrons. The molecule has 6 heteroatoms. The highest BCUT2D eigenvalue weighted by Crippen LogP contribution is 2.18. The number of amides is 1. The van der Waals surface area contributed by atoms with Crippen molar-refractivity contribution in [3.8, 4) is 11.4 Å². The lowest BCUT2D eigenvalue weighted by Crippen LogP contribution is -2.27. The number of thiophene rings is 1. The summed E-state index contributed by atoms with van der Waals surface area (Å²) >= 11 is 1.52. The second-order valence-electron chi connectivity index (χ2n) is 4.88. The lowest BCUT2D eigenvalue weighted by molar-refractivity contribution is 0.0952. The smallest absolute Gasteiger partial charge is 0.252 e. The van der Waals surface area contributed by atoms with E-state index in [1.54, 1.807) is 12.4 Å². The van der Waals surface area contributed by atoms with Crippen LogP contribution >= 0.6 is 11.3 Å². The third kappa shape index (κ3) is 3.07. The monoisotopic (exact) mass is 312 g/mol. The third-order valence-corrected chi connectivity index (χ3v) is 4.06. The molecule has 0 spiro atoms. The van der Waals surface area contributed by atoms with Gasteiger partial charge in [0.2, 0.25) is 0 Å². The summed E-state index contributed by atoms with van der Waals surface area (Å²) in [4.78, 5) is 20.5. The van der Waals surface area contributed by atoms with Crippen LogP contribution in [0.3, 0.4) is 0 Å². The summed E-state index contributed by atoms with van der Waals surface area (Å²) in [5, 5.41) is 6.68. The van der Waals surface area contributed by atoms with Gasteiger partial charge in [0, 0.05) is 53.9 Å². The Kier molecular flexibility index (Phi) is 4.29. The van der Waals surface area contributed by atoms with E-state index in [1.807, 2.05) is 42.1 Å². The Morgan fingerprint density at radius 2 is 2.27 bits per heavy atom. The van der Waals surface area contributed by atoms with Gasteiger partial charge in [-0.05, 0) is 30.5 Å². The van der Waals surface area contributed by atoms with E-state index in [4.69, 9.17) is 0 Å². The molecule has 0 aliphatic carbocycles. The van der Waals surface area contributed by atoms with Crippen LogP contribution in [0.4, 0.5) is 0 Å². The van der Waals surface area contributed by atoms with Crippen molar-refractivity contribution in [2.75, 3.05) is 6.54 Å². The third-order valence-electron chi connectivity index (χ3n) is 3.38. The van der Waals surface area contributed by atoms with E-state index in [9.17, 15) is 4.79 Å². The van der Waals surface area contributed by atoms with Crippen molar-refractivity contribution in [1.82, 2.24) is 19.9 Å². The van der Waals surface area contributed by atoms with E-state index >= 15 is 0 Å². The molecule has 0 aliphatic rings. The molecule has 0 atom stereocenters. The molecule has 0 aliphatic heterocycles. The van der Waals surface area contributed by atoms with Crippen LogP contribution in [0, 0.1) is 6.92 Å². The van der Waals surface area contributed by atoms with Crippen molar-refractivity contribution in [2.45, 2.75) is 13.5 Å². The first-order valence-corrected chi connectivity index (χ1v) is 7.93. The number of carbonyl (C=O) groups excluding carboxylic acids is 1. The highest BCUT2D eigenvalue weighted by atomic mass is 32.1. The van der Waals surface area contributed by atoms with E-state index in [2.05, 4.69) is 19.9 Å². The second kappa shape index (κ2) is 6.53. The van der Waals surface area contributed by atoms with Gasteiger partial charge in [0.1, 0.15) is 5.82 Å². The maximum Gasteiger partial charge on any atom is 0.252 e. The number of carbonyl (C=O) groups is 1. The molecule has 0 fully saturated rings. The molecule has 3 aromatic rings. The quantitative estimate of drug-likeness (QED) is 0.788. The van der Waals surface area contributed by atoms with E-state index in [0.29, 0.717) is 18.7 Å². The van der Waals surface area contributed by atoms with E-state index in [1.165, 1.54) is 11.3 Å². The van der Waals surface area contributed by atoms with Gasteiger partial charge in [-0.25, -0.2) is 4.98 Å². The van der Waals surface area contributed by atoms with Crippen LogP contribution in [0.5, 0.6) is 0 Å². The fourth-order valence-corrected chi connectivity index (χ4v) is 2.88. The minimum absolute atomic E-state index is 0.0399. The minimum atomic E-state index is -0.0399. The molecule has 112 valence electrons. The van der Waals surface area contributed by atoms with Gasteiger partial charge in [-0.3, -0.25) is 9.78 Å². The van der Waals surface area contributed by atoms with E-state index in [-0.39, 0.29) is 5.91 Å². The van der Waals surface area contributed by atoms with E-state index in [0.717, 1.165) is 17.1 Å². The molecule has 3 heterocycles. The van der Waals surface area contributed by atoms with Crippen molar-refractivity contribution in [3.05, 3.63) is 58.8 Å². The van der Waals surface area contributed by atoms with Gasteiger partial charge in [0.25, 0.3) is 5.91 Å². The molecule has 1 N–H and O–H groups in total. The minimum Gasteiger partial charge on any atom is -0.350 e. The Labute approximate surface area is 132 Å². The molecule has 1 amide bonds. The zero-order chi connectivity index (χ0) is 15.4. The van der Waals surface area contributed by atoms with Crippen LogP contribution in [-0.2, 0) is 6.54 Å². The summed E-state index contributed by atoms with van der Waals surface area (Å²) in [5.74, 6) is 0.831. The number of aryl methyl sites for hydroxylation is 1. The lowest BCUT2D eigenvalue weighted by Gasteiger charge is -2.11.